The Bertz CT molecular complexity index is 852. The number of rotatable bonds is 3. The fourth-order valence-electron chi connectivity index (χ4n) is 2.19. The van der Waals surface area contributed by atoms with Gasteiger partial charge in [0.2, 0.25) is 0 Å². The van der Waals surface area contributed by atoms with Crippen molar-refractivity contribution in [1.82, 2.24) is 0 Å². The van der Waals surface area contributed by atoms with E-state index in [0.717, 1.165) is 16.5 Å². The lowest BCUT2D eigenvalue weighted by atomic mass is 10.1. The Morgan fingerprint density at radius 3 is 2.81 bits per heavy atom. The molecule has 0 saturated carbocycles. The van der Waals surface area contributed by atoms with E-state index in [2.05, 4.69) is 0 Å². The van der Waals surface area contributed by atoms with E-state index in [1.165, 1.54) is 6.07 Å². The molecule has 1 aromatic heterocycles. The van der Waals surface area contributed by atoms with Crippen LogP contribution in [-0.4, -0.2) is 0 Å². The van der Waals surface area contributed by atoms with E-state index >= 15 is 0 Å². The van der Waals surface area contributed by atoms with Crippen molar-refractivity contribution in [2.24, 2.45) is 0 Å². The molecule has 0 spiro atoms. The van der Waals surface area contributed by atoms with Crippen LogP contribution in [0.4, 0.5) is 0 Å². The predicted octanol–water partition coefficient (Wildman–Crippen LogP) is 4.33. The minimum atomic E-state index is -0.355. The molecular weight excluding hydrogens is 288 g/mol. The largest absolute Gasteiger partial charge is 0.489 e. The average Bonchev–Trinajstić information content (AvgIpc) is 2.44. The normalized spacial score (nSPS) is 10.8. The summed E-state index contributed by atoms with van der Waals surface area (Å²) in [6, 6.07) is 14.5. The summed E-state index contributed by atoms with van der Waals surface area (Å²) < 4.78 is 10.9. The molecule has 106 valence electrons. The molecule has 0 N–H and O–H groups in total. The summed E-state index contributed by atoms with van der Waals surface area (Å²) in [6.45, 7) is 2.29. The lowest BCUT2D eigenvalue weighted by Gasteiger charge is -2.08. The first-order valence-corrected chi connectivity index (χ1v) is 6.91. The summed E-state index contributed by atoms with van der Waals surface area (Å²) in [5.74, 6) is 0.649. The van der Waals surface area contributed by atoms with Gasteiger partial charge in [0, 0.05) is 22.5 Å². The van der Waals surface area contributed by atoms with E-state index in [4.69, 9.17) is 20.8 Å². The molecule has 0 aliphatic rings. The van der Waals surface area contributed by atoms with Crippen LogP contribution < -0.4 is 10.4 Å². The number of hydrogen-bond donors (Lipinski definition) is 0. The summed E-state index contributed by atoms with van der Waals surface area (Å²) in [4.78, 5) is 11.4. The van der Waals surface area contributed by atoms with E-state index in [1.807, 2.05) is 43.3 Å². The van der Waals surface area contributed by atoms with Crippen LogP contribution in [0.5, 0.6) is 5.75 Å². The quantitative estimate of drug-likeness (QED) is 0.676. The zero-order valence-electron chi connectivity index (χ0n) is 11.4. The molecule has 21 heavy (non-hydrogen) atoms. The van der Waals surface area contributed by atoms with Crippen molar-refractivity contribution in [3.8, 4) is 5.75 Å². The van der Waals surface area contributed by atoms with Gasteiger partial charge in [0.1, 0.15) is 17.9 Å². The first-order valence-electron chi connectivity index (χ1n) is 6.53. The molecule has 4 heteroatoms. The third-order valence-electron chi connectivity index (χ3n) is 3.22. The molecule has 0 unspecified atom stereocenters. The zero-order valence-corrected chi connectivity index (χ0v) is 12.2. The van der Waals surface area contributed by atoms with Crippen molar-refractivity contribution >= 4 is 22.6 Å². The predicted molar refractivity (Wildman–Crippen MR) is 83.0 cm³/mol. The summed E-state index contributed by atoms with van der Waals surface area (Å²) in [5.41, 5.74) is 2.05. The fraction of sp³-hybridized carbons (Fsp3) is 0.118. The maximum atomic E-state index is 11.4. The van der Waals surface area contributed by atoms with Gasteiger partial charge in [-0.05, 0) is 42.3 Å². The minimum Gasteiger partial charge on any atom is -0.489 e. The van der Waals surface area contributed by atoms with Gasteiger partial charge in [-0.25, -0.2) is 4.79 Å². The van der Waals surface area contributed by atoms with Crippen LogP contribution in [0, 0.1) is 6.92 Å². The summed E-state index contributed by atoms with van der Waals surface area (Å²) in [5, 5.41) is 1.58. The highest BCUT2D eigenvalue weighted by Gasteiger charge is 2.04. The van der Waals surface area contributed by atoms with Crippen LogP contribution >= 0.6 is 11.6 Å². The molecule has 1 heterocycles. The number of halogens is 1. The van der Waals surface area contributed by atoms with Crippen molar-refractivity contribution in [1.29, 1.82) is 0 Å². The molecule has 0 radical (unpaired) electrons. The third-order valence-corrected chi connectivity index (χ3v) is 3.45. The van der Waals surface area contributed by atoms with Gasteiger partial charge in [0.25, 0.3) is 0 Å². The van der Waals surface area contributed by atoms with Gasteiger partial charge in [-0.3, -0.25) is 0 Å². The summed E-state index contributed by atoms with van der Waals surface area (Å²) in [7, 11) is 0. The van der Waals surface area contributed by atoms with Crippen molar-refractivity contribution in [2.45, 2.75) is 13.5 Å². The van der Waals surface area contributed by atoms with Gasteiger partial charge in [-0.1, -0.05) is 23.7 Å². The van der Waals surface area contributed by atoms with E-state index in [9.17, 15) is 4.79 Å². The second-order valence-electron chi connectivity index (χ2n) is 4.83. The van der Waals surface area contributed by atoms with Crippen molar-refractivity contribution < 1.29 is 9.15 Å². The number of benzene rings is 2. The van der Waals surface area contributed by atoms with E-state index in [-0.39, 0.29) is 5.63 Å². The second-order valence-corrected chi connectivity index (χ2v) is 5.26. The molecule has 2 aromatic carbocycles. The average molecular weight is 301 g/mol. The lowest BCUT2D eigenvalue weighted by Crippen LogP contribution is -1.99. The Labute approximate surface area is 126 Å². The topological polar surface area (TPSA) is 39.4 Å². The number of aryl methyl sites for hydroxylation is 1. The first kappa shape index (κ1) is 13.7. The molecular formula is C17H13ClO3. The molecule has 0 saturated heterocycles. The summed E-state index contributed by atoms with van der Waals surface area (Å²) >= 11 is 5.93. The van der Waals surface area contributed by atoms with Crippen molar-refractivity contribution in [2.75, 3.05) is 0 Å². The Hall–Kier alpha value is -2.26. The molecule has 0 bridgehead atoms. The maximum absolute atomic E-state index is 11.4. The van der Waals surface area contributed by atoms with E-state index < -0.39 is 0 Å². The number of ether oxygens (including phenoxy) is 1. The highest BCUT2D eigenvalue weighted by atomic mass is 35.5. The molecule has 0 amide bonds. The molecule has 0 atom stereocenters. The number of hydrogen-bond acceptors (Lipinski definition) is 3. The molecule has 0 fully saturated rings. The molecule has 3 aromatic rings. The van der Waals surface area contributed by atoms with Crippen LogP contribution in [0.1, 0.15) is 11.1 Å². The van der Waals surface area contributed by atoms with Crippen molar-refractivity contribution in [3.63, 3.8) is 0 Å². The lowest BCUT2D eigenvalue weighted by molar-refractivity contribution is 0.306. The van der Waals surface area contributed by atoms with Gasteiger partial charge < -0.3 is 9.15 Å². The molecule has 3 rings (SSSR count). The Morgan fingerprint density at radius 2 is 2.00 bits per heavy atom. The maximum Gasteiger partial charge on any atom is 0.336 e. The monoisotopic (exact) mass is 300 g/mol. The van der Waals surface area contributed by atoms with Gasteiger partial charge in [-0.15, -0.1) is 0 Å². The van der Waals surface area contributed by atoms with E-state index in [1.54, 1.807) is 6.07 Å². The van der Waals surface area contributed by atoms with Crippen LogP contribution in [0.15, 0.2) is 57.7 Å². The van der Waals surface area contributed by atoms with Crippen LogP contribution in [0.3, 0.4) is 0 Å². The molecule has 0 aliphatic heterocycles. The smallest absolute Gasteiger partial charge is 0.336 e. The number of fused-ring (bicyclic) bond motifs is 1. The Kier molecular flexibility index (Phi) is 3.67. The third kappa shape index (κ3) is 3.09. The highest BCUT2D eigenvalue weighted by molar-refractivity contribution is 6.30. The van der Waals surface area contributed by atoms with Gasteiger partial charge in [-0.2, -0.15) is 0 Å². The standard InChI is InChI=1S/C17H13ClO3/c1-11-7-17(19)21-16-9-14(5-6-15(11)16)20-10-12-3-2-4-13(18)8-12/h2-9H,10H2,1H3. The van der Waals surface area contributed by atoms with Crippen LogP contribution in [-0.2, 0) is 6.61 Å². The minimum absolute atomic E-state index is 0.355. The Balaban J connectivity index is 1.86. The molecule has 0 aliphatic carbocycles. The van der Waals surface area contributed by atoms with Gasteiger partial charge in [0.15, 0.2) is 0 Å². The van der Waals surface area contributed by atoms with Crippen molar-refractivity contribution in [3.05, 3.63) is 75.1 Å². The van der Waals surface area contributed by atoms with Crippen LogP contribution in [0.25, 0.3) is 11.0 Å². The molecule has 3 nitrogen and oxygen atoms in total. The SMILES string of the molecule is Cc1cc(=O)oc2cc(OCc3cccc(Cl)c3)ccc12. The van der Waals surface area contributed by atoms with Gasteiger partial charge in [0.05, 0.1) is 0 Å². The summed E-state index contributed by atoms with van der Waals surface area (Å²) in [6.07, 6.45) is 0. The second kappa shape index (κ2) is 5.62. The Morgan fingerprint density at radius 1 is 1.14 bits per heavy atom. The first-order chi connectivity index (χ1) is 10.1. The van der Waals surface area contributed by atoms with Crippen LogP contribution in [0.2, 0.25) is 5.02 Å². The highest BCUT2D eigenvalue weighted by Crippen LogP contribution is 2.23. The fourth-order valence-corrected chi connectivity index (χ4v) is 2.40. The van der Waals surface area contributed by atoms with E-state index in [0.29, 0.717) is 23.0 Å². The van der Waals surface area contributed by atoms with Gasteiger partial charge >= 0.3 is 5.63 Å². The zero-order chi connectivity index (χ0) is 14.8.